The first-order chi connectivity index (χ1) is 16.0. The molecule has 0 radical (unpaired) electrons. The smallest absolute Gasteiger partial charge is 0.135 e. The standard InChI is InChI=1S/C30H25NOSi/c1-33(2,3)22-14-15-27-25(18-22)24(20-9-5-4-6-10-20)19-28(31-27)21-13-16-30-26(17-21)23-11-7-8-12-29(23)32-30/h4-19H,1-3H3. The molecule has 2 nitrogen and oxygen atoms in total. The molecule has 160 valence electrons. The van der Waals surface area contributed by atoms with Gasteiger partial charge in [0.25, 0.3) is 0 Å². The lowest BCUT2D eigenvalue weighted by molar-refractivity contribution is 0.669. The van der Waals surface area contributed by atoms with Crippen LogP contribution in [-0.4, -0.2) is 13.1 Å². The van der Waals surface area contributed by atoms with Gasteiger partial charge in [-0.15, -0.1) is 0 Å². The summed E-state index contributed by atoms with van der Waals surface area (Å²) in [5, 5.41) is 4.94. The Labute approximate surface area is 194 Å². The molecule has 6 rings (SSSR count). The third-order valence-electron chi connectivity index (χ3n) is 6.43. The van der Waals surface area contributed by atoms with Gasteiger partial charge in [-0.05, 0) is 47.5 Å². The molecule has 0 atom stereocenters. The Balaban J connectivity index is 1.61. The number of fused-ring (bicyclic) bond motifs is 4. The molecule has 6 aromatic rings. The monoisotopic (exact) mass is 443 g/mol. The molecule has 0 saturated carbocycles. The Bertz CT molecular complexity index is 1640. The van der Waals surface area contributed by atoms with Crippen LogP contribution in [0.5, 0.6) is 0 Å². The second-order valence-electron chi connectivity index (χ2n) is 9.71. The highest BCUT2D eigenvalue weighted by Crippen LogP contribution is 2.35. The van der Waals surface area contributed by atoms with Crippen LogP contribution in [0.4, 0.5) is 0 Å². The first-order valence-electron chi connectivity index (χ1n) is 11.4. The number of hydrogen-bond donors (Lipinski definition) is 0. The summed E-state index contributed by atoms with van der Waals surface area (Å²) >= 11 is 0. The van der Waals surface area contributed by atoms with Crippen LogP contribution >= 0.6 is 0 Å². The van der Waals surface area contributed by atoms with E-state index in [-0.39, 0.29) is 0 Å². The topological polar surface area (TPSA) is 26.0 Å². The number of hydrogen-bond acceptors (Lipinski definition) is 2. The van der Waals surface area contributed by atoms with E-state index in [1.54, 1.807) is 0 Å². The van der Waals surface area contributed by atoms with Crippen molar-refractivity contribution in [2.45, 2.75) is 19.6 Å². The van der Waals surface area contributed by atoms with Crippen LogP contribution in [0.3, 0.4) is 0 Å². The summed E-state index contributed by atoms with van der Waals surface area (Å²) in [4.78, 5) is 5.11. The Morgan fingerprint density at radius 2 is 1.36 bits per heavy atom. The second-order valence-corrected chi connectivity index (χ2v) is 14.8. The lowest BCUT2D eigenvalue weighted by Gasteiger charge is -2.18. The van der Waals surface area contributed by atoms with Crippen LogP contribution in [0.15, 0.2) is 101 Å². The van der Waals surface area contributed by atoms with Crippen LogP contribution in [0.1, 0.15) is 0 Å². The van der Waals surface area contributed by atoms with E-state index < -0.39 is 8.07 Å². The van der Waals surface area contributed by atoms with E-state index in [1.165, 1.54) is 21.7 Å². The Kier molecular flexibility index (Phi) is 4.49. The van der Waals surface area contributed by atoms with Gasteiger partial charge in [0.05, 0.1) is 19.3 Å². The van der Waals surface area contributed by atoms with E-state index in [4.69, 9.17) is 9.40 Å². The van der Waals surface area contributed by atoms with Gasteiger partial charge in [0.15, 0.2) is 0 Å². The van der Waals surface area contributed by atoms with Crippen molar-refractivity contribution < 1.29 is 4.42 Å². The first-order valence-corrected chi connectivity index (χ1v) is 14.9. The fourth-order valence-corrected chi connectivity index (χ4v) is 5.74. The molecule has 4 aromatic carbocycles. The largest absolute Gasteiger partial charge is 0.456 e. The molecule has 0 N–H and O–H groups in total. The summed E-state index contributed by atoms with van der Waals surface area (Å²) in [7, 11) is -1.44. The Morgan fingerprint density at radius 3 is 2.18 bits per heavy atom. The van der Waals surface area contributed by atoms with Crippen LogP contribution in [0.2, 0.25) is 19.6 Å². The van der Waals surface area contributed by atoms with E-state index in [0.717, 1.165) is 38.7 Å². The molecular weight excluding hydrogens is 418 g/mol. The zero-order chi connectivity index (χ0) is 22.6. The van der Waals surface area contributed by atoms with Crippen molar-refractivity contribution in [3.8, 4) is 22.4 Å². The molecule has 2 aromatic heterocycles. The molecule has 0 saturated heterocycles. The number of para-hydroxylation sites is 1. The van der Waals surface area contributed by atoms with Crippen LogP contribution in [0, 0.1) is 0 Å². The van der Waals surface area contributed by atoms with Crippen LogP contribution < -0.4 is 5.19 Å². The molecule has 0 aliphatic carbocycles. The van der Waals surface area contributed by atoms with Gasteiger partial charge in [0.1, 0.15) is 11.2 Å². The maximum absolute atomic E-state index is 6.04. The molecule has 0 aliphatic rings. The van der Waals surface area contributed by atoms with Crippen LogP contribution in [-0.2, 0) is 0 Å². The van der Waals surface area contributed by atoms with Crippen LogP contribution in [0.25, 0.3) is 55.2 Å². The van der Waals surface area contributed by atoms with Gasteiger partial charge >= 0.3 is 0 Å². The van der Waals surface area contributed by atoms with E-state index in [9.17, 15) is 0 Å². The normalized spacial score (nSPS) is 12.1. The fraction of sp³-hybridized carbons (Fsp3) is 0.100. The minimum atomic E-state index is -1.44. The Morgan fingerprint density at radius 1 is 0.606 bits per heavy atom. The average molecular weight is 444 g/mol. The van der Waals surface area contributed by atoms with Crippen molar-refractivity contribution in [1.29, 1.82) is 0 Å². The SMILES string of the molecule is C[Si](C)(C)c1ccc2nc(-c3ccc4oc5ccccc5c4c3)cc(-c3ccccc3)c2c1. The molecule has 0 amide bonds. The zero-order valence-corrected chi connectivity index (χ0v) is 20.1. The highest BCUT2D eigenvalue weighted by molar-refractivity contribution is 6.88. The highest BCUT2D eigenvalue weighted by Gasteiger charge is 2.19. The second kappa shape index (κ2) is 7.43. The summed E-state index contributed by atoms with van der Waals surface area (Å²) < 4.78 is 6.04. The maximum Gasteiger partial charge on any atom is 0.135 e. The molecule has 0 bridgehead atoms. The maximum atomic E-state index is 6.04. The van der Waals surface area contributed by atoms with Gasteiger partial charge in [-0.25, -0.2) is 4.98 Å². The summed E-state index contributed by atoms with van der Waals surface area (Å²) in [6.45, 7) is 7.17. The summed E-state index contributed by atoms with van der Waals surface area (Å²) in [6, 6.07) is 34.3. The van der Waals surface area contributed by atoms with E-state index in [0.29, 0.717) is 0 Å². The predicted molar refractivity (Wildman–Crippen MR) is 143 cm³/mol. The number of aromatic nitrogens is 1. The van der Waals surface area contributed by atoms with Gasteiger partial charge in [-0.3, -0.25) is 0 Å². The Hall–Kier alpha value is -3.69. The number of benzene rings is 4. The number of furan rings is 1. The van der Waals surface area contributed by atoms with Gasteiger partial charge in [-0.2, -0.15) is 0 Å². The third-order valence-corrected chi connectivity index (χ3v) is 8.48. The number of pyridine rings is 1. The van der Waals surface area contributed by atoms with E-state index in [1.807, 2.05) is 12.1 Å². The summed E-state index contributed by atoms with van der Waals surface area (Å²) in [5.74, 6) is 0. The van der Waals surface area contributed by atoms with Crippen molar-refractivity contribution in [2.75, 3.05) is 0 Å². The molecule has 0 unspecified atom stereocenters. The molecule has 2 heterocycles. The minimum absolute atomic E-state index is 0.906. The summed E-state index contributed by atoms with van der Waals surface area (Å²) in [5.41, 5.74) is 7.38. The predicted octanol–water partition coefficient (Wildman–Crippen LogP) is 8.01. The third kappa shape index (κ3) is 3.45. The fourth-order valence-electron chi connectivity index (χ4n) is 4.58. The van der Waals surface area contributed by atoms with Crippen molar-refractivity contribution in [3.63, 3.8) is 0 Å². The molecule has 33 heavy (non-hydrogen) atoms. The molecule has 3 heteroatoms. The van der Waals surface area contributed by atoms with E-state index in [2.05, 4.69) is 105 Å². The molecule has 0 spiro atoms. The van der Waals surface area contributed by atoms with Gasteiger partial charge in [0.2, 0.25) is 0 Å². The summed E-state index contributed by atoms with van der Waals surface area (Å²) in [6.07, 6.45) is 0. The quantitative estimate of drug-likeness (QED) is 0.259. The van der Waals surface area contributed by atoms with Gasteiger partial charge in [-0.1, -0.05) is 85.5 Å². The highest BCUT2D eigenvalue weighted by atomic mass is 28.3. The van der Waals surface area contributed by atoms with Crippen molar-refractivity contribution in [2.24, 2.45) is 0 Å². The molecular formula is C30H25NOSi. The van der Waals surface area contributed by atoms with Gasteiger partial charge in [0, 0.05) is 21.7 Å². The minimum Gasteiger partial charge on any atom is -0.456 e. The molecule has 0 fully saturated rings. The van der Waals surface area contributed by atoms with Crippen molar-refractivity contribution in [1.82, 2.24) is 4.98 Å². The first kappa shape index (κ1) is 20.0. The number of rotatable bonds is 3. The van der Waals surface area contributed by atoms with E-state index >= 15 is 0 Å². The molecule has 0 aliphatic heterocycles. The van der Waals surface area contributed by atoms with Crippen molar-refractivity contribution in [3.05, 3.63) is 97.1 Å². The zero-order valence-electron chi connectivity index (χ0n) is 19.1. The lowest BCUT2D eigenvalue weighted by atomic mass is 9.98. The number of nitrogens with zero attached hydrogens (tertiary/aromatic N) is 1. The van der Waals surface area contributed by atoms with Crippen molar-refractivity contribution >= 4 is 46.1 Å². The average Bonchev–Trinajstić information content (AvgIpc) is 3.21. The lowest BCUT2D eigenvalue weighted by Crippen LogP contribution is -2.37. The van der Waals surface area contributed by atoms with Gasteiger partial charge < -0.3 is 4.42 Å².